The molecule has 0 aromatic rings. The number of allylic oxidation sites excluding steroid dienone is 4. The maximum Gasteiger partial charge on any atom is 0.330 e. The molecule has 0 heterocycles. The van der Waals surface area contributed by atoms with Gasteiger partial charge in [-0.25, -0.2) is 4.79 Å². The van der Waals surface area contributed by atoms with Gasteiger partial charge in [-0.05, 0) is 49.8 Å². The second kappa shape index (κ2) is 6.69. The highest BCUT2D eigenvalue weighted by molar-refractivity contribution is 5.97. The molecule has 0 spiro atoms. The molecule has 1 aliphatic rings. The molecule has 0 aliphatic heterocycles. The van der Waals surface area contributed by atoms with E-state index in [1.54, 1.807) is 13.0 Å². The standard InChI is InChI=1S/C17H24O3/c1-6-7-16(19)20-12(2)8-9-14-13(3)15(18)10-11-17(14,4)5/h6-9,12H,10-11H2,1-5H3. The molecular formula is C17H24O3. The number of ketones is 1. The highest BCUT2D eigenvalue weighted by Gasteiger charge is 2.30. The third-order valence-electron chi connectivity index (χ3n) is 3.67. The Morgan fingerprint density at radius 2 is 2.05 bits per heavy atom. The lowest BCUT2D eigenvalue weighted by Gasteiger charge is -2.32. The zero-order valence-corrected chi connectivity index (χ0v) is 13.0. The smallest absolute Gasteiger partial charge is 0.330 e. The van der Waals surface area contributed by atoms with Crippen LogP contribution in [-0.4, -0.2) is 17.9 Å². The summed E-state index contributed by atoms with van der Waals surface area (Å²) in [6.07, 6.45) is 7.96. The molecule has 0 N–H and O–H groups in total. The first-order valence-electron chi connectivity index (χ1n) is 7.04. The Kier molecular flexibility index (Phi) is 5.49. The van der Waals surface area contributed by atoms with Gasteiger partial charge < -0.3 is 4.74 Å². The van der Waals surface area contributed by atoms with Gasteiger partial charge in [-0.15, -0.1) is 0 Å². The predicted molar refractivity (Wildman–Crippen MR) is 80.2 cm³/mol. The Morgan fingerprint density at radius 1 is 1.40 bits per heavy atom. The first kappa shape index (κ1) is 16.4. The van der Waals surface area contributed by atoms with E-state index in [4.69, 9.17) is 4.74 Å². The van der Waals surface area contributed by atoms with Gasteiger partial charge in [-0.3, -0.25) is 4.79 Å². The Balaban J connectivity index is 2.84. The minimum absolute atomic E-state index is 0.0124. The fourth-order valence-electron chi connectivity index (χ4n) is 2.39. The maximum atomic E-state index is 11.8. The van der Waals surface area contributed by atoms with Crippen LogP contribution in [0.5, 0.6) is 0 Å². The monoisotopic (exact) mass is 276 g/mol. The fourth-order valence-corrected chi connectivity index (χ4v) is 2.39. The Morgan fingerprint density at radius 3 is 2.65 bits per heavy atom. The summed E-state index contributed by atoms with van der Waals surface area (Å²) in [5, 5.41) is 0. The fraction of sp³-hybridized carbons (Fsp3) is 0.529. The molecule has 110 valence electrons. The van der Waals surface area contributed by atoms with Gasteiger partial charge in [-0.2, -0.15) is 0 Å². The number of hydrogen-bond acceptors (Lipinski definition) is 3. The molecule has 3 nitrogen and oxygen atoms in total. The summed E-state index contributed by atoms with van der Waals surface area (Å²) in [4.78, 5) is 23.2. The minimum Gasteiger partial charge on any atom is -0.455 e. The molecule has 1 rings (SSSR count). The molecule has 0 aromatic carbocycles. The highest BCUT2D eigenvalue weighted by atomic mass is 16.5. The van der Waals surface area contributed by atoms with Crippen molar-refractivity contribution in [3.63, 3.8) is 0 Å². The van der Waals surface area contributed by atoms with E-state index in [0.29, 0.717) is 6.42 Å². The van der Waals surface area contributed by atoms with E-state index in [-0.39, 0.29) is 23.3 Å². The van der Waals surface area contributed by atoms with Crippen LogP contribution in [0.15, 0.2) is 35.5 Å². The van der Waals surface area contributed by atoms with Crippen molar-refractivity contribution in [2.75, 3.05) is 0 Å². The Labute approximate surface area is 121 Å². The molecule has 0 bridgehead atoms. The Hall–Kier alpha value is -1.64. The van der Waals surface area contributed by atoms with Crippen LogP contribution in [0.1, 0.15) is 47.5 Å². The number of ether oxygens (including phenoxy) is 1. The number of hydrogen-bond donors (Lipinski definition) is 0. The van der Waals surface area contributed by atoms with Crippen LogP contribution >= 0.6 is 0 Å². The van der Waals surface area contributed by atoms with Gasteiger partial charge in [0, 0.05) is 12.5 Å². The highest BCUT2D eigenvalue weighted by Crippen LogP contribution is 2.39. The van der Waals surface area contributed by atoms with E-state index in [1.165, 1.54) is 6.08 Å². The molecule has 0 saturated heterocycles. The van der Waals surface area contributed by atoms with Crippen molar-refractivity contribution in [2.24, 2.45) is 5.41 Å². The summed E-state index contributed by atoms with van der Waals surface area (Å²) < 4.78 is 5.19. The summed E-state index contributed by atoms with van der Waals surface area (Å²) >= 11 is 0. The second-order valence-corrected chi connectivity index (χ2v) is 5.85. The van der Waals surface area contributed by atoms with Crippen molar-refractivity contribution < 1.29 is 14.3 Å². The zero-order chi connectivity index (χ0) is 15.3. The van der Waals surface area contributed by atoms with Crippen LogP contribution < -0.4 is 0 Å². The van der Waals surface area contributed by atoms with Gasteiger partial charge in [0.1, 0.15) is 6.10 Å². The number of carbonyl (C=O) groups excluding carboxylic acids is 2. The van der Waals surface area contributed by atoms with Crippen LogP contribution in [-0.2, 0) is 14.3 Å². The lowest BCUT2D eigenvalue weighted by Crippen LogP contribution is -2.24. The molecule has 3 heteroatoms. The molecule has 20 heavy (non-hydrogen) atoms. The molecule has 1 aliphatic carbocycles. The van der Waals surface area contributed by atoms with E-state index in [2.05, 4.69) is 13.8 Å². The third kappa shape index (κ3) is 4.19. The summed E-state index contributed by atoms with van der Waals surface area (Å²) in [5.74, 6) is -0.142. The number of esters is 1. The van der Waals surface area contributed by atoms with Crippen LogP contribution in [0.25, 0.3) is 0 Å². The molecule has 0 amide bonds. The van der Waals surface area contributed by atoms with Crippen molar-refractivity contribution in [3.8, 4) is 0 Å². The molecule has 0 fully saturated rings. The summed E-state index contributed by atoms with van der Waals surface area (Å²) in [5.41, 5.74) is 1.86. The van der Waals surface area contributed by atoms with Gasteiger partial charge in [0.25, 0.3) is 0 Å². The SMILES string of the molecule is CC=CC(=O)OC(C)C=CC1=C(C)C(=O)CCC1(C)C. The average Bonchev–Trinajstić information content (AvgIpc) is 2.34. The summed E-state index contributed by atoms with van der Waals surface area (Å²) in [7, 11) is 0. The van der Waals surface area contributed by atoms with Crippen LogP contribution in [0.3, 0.4) is 0 Å². The van der Waals surface area contributed by atoms with Crippen LogP contribution in [0.2, 0.25) is 0 Å². The normalized spacial score (nSPS) is 20.8. The topological polar surface area (TPSA) is 43.4 Å². The second-order valence-electron chi connectivity index (χ2n) is 5.85. The lowest BCUT2D eigenvalue weighted by atomic mass is 9.72. The van der Waals surface area contributed by atoms with Crippen molar-refractivity contribution in [1.82, 2.24) is 0 Å². The number of rotatable bonds is 4. The van der Waals surface area contributed by atoms with Gasteiger partial charge in [0.2, 0.25) is 0 Å². The van der Waals surface area contributed by atoms with E-state index in [9.17, 15) is 9.59 Å². The third-order valence-corrected chi connectivity index (χ3v) is 3.67. The van der Waals surface area contributed by atoms with Crippen molar-refractivity contribution in [2.45, 2.75) is 53.6 Å². The number of carbonyl (C=O) groups is 2. The lowest BCUT2D eigenvalue weighted by molar-refractivity contribution is -0.140. The average molecular weight is 276 g/mol. The predicted octanol–water partition coefficient (Wildman–Crippen LogP) is 3.76. The Bertz CT molecular complexity index is 478. The molecule has 1 unspecified atom stereocenters. The number of Topliss-reactive ketones (excluding diaryl/α,β-unsaturated/α-hetero) is 1. The van der Waals surface area contributed by atoms with E-state index < -0.39 is 0 Å². The van der Waals surface area contributed by atoms with Gasteiger partial charge in [0.15, 0.2) is 5.78 Å². The van der Waals surface area contributed by atoms with Gasteiger partial charge in [0.05, 0.1) is 0 Å². The van der Waals surface area contributed by atoms with Crippen molar-refractivity contribution >= 4 is 11.8 Å². The van der Waals surface area contributed by atoms with E-state index >= 15 is 0 Å². The van der Waals surface area contributed by atoms with Crippen LogP contribution in [0.4, 0.5) is 0 Å². The van der Waals surface area contributed by atoms with Crippen molar-refractivity contribution in [3.05, 3.63) is 35.5 Å². The first-order chi connectivity index (χ1) is 9.27. The molecule has 0 saturated carbocycles. The molecule has 0 aromatic heterocycles. The van der Waals surface area contributed by atoms with E-state index in [0.717, 1.165) is 17.6 Å². The quantitative estimate of drug-likeness (QED) is 0.580. The van der Waals surface area contributed by atoms with Crippen molar-refractivity contribution in [1.29, 1.82) is 0 Å². The van der Waals surface area contributed by atoms with Gasteiger partial charge >= 0.3 is 5.97 Å². The maximum absolute atomic E-state index is 11.8. The molecule has 1 atom stereocenters. The minimum atomic E-state index is -0.352. The first-order valence-corrected chi connectivity index (χ1v) is 7.04. The van der Waals surface area contributed by atoms with Gasteiger partial charge in [-0.1, -0.05) is 26.0 Å². The molecule has 0 radical (unpaired) electrons. The van der Waals surface area contributed by atoms with Crippen LogP contribution in [0, 0.1) is 5.41 Å². The zero-order valence-electron chi connectivity index (χ0n) is 13.0. The summed E-state index contributed by atoms with van der Waals surface area (Å²) in [6.45, 7) is 9.73. The summed E-state index contributed by atoms with van der Waals surface area (Å²) in [6, 6.07) is 0. The van der Waals surface area contributed by atoms with E-state index in [1.807, 2.05) is 26.0 Å². The largest absolute Gasteiger partial charge is 0.455 e. The molecular weight excluding hydrogens is 252 g/mol.